The van der Waals surface area contributed by atoms with E-state index in [1.54, 1.807) is 36.5 Å². The summed E-state index contributed by atoms with van der Waals surface area (Å²) in [5.74, 6) is -0.319. The zero-order chi connectivity index (χ0) is 12.9. The molecule has 1 N–H and O–H groups in total. The van der Waals surface area contributed by atoms with Crippen LogP contribution in [0.3, 0.4) is 0 Å². The predicted octanol–water partition coefficient (Wildman–Crippen LogP) is 2.05. The molecule has 1 rings (SSSR count). The second kappa shape index (κ2) is 5.56. The van der Waals surface area contributed by atoms with Gasteiger partial charge in [-0.15, -0.1) is 0 Å². The van der Waals surface area contributed by atoms with Gasteiger partial charge in [-0.1, -0.05) is 18.2 Å². The van der Waals surface area contributed by atoms with Gasteiger partial charge in [0.05, 0.1) is 0 Å². The summed E-state index contributed by atoms with van der Waals surface area (Å²) in [4.78, 5) is 11.0. The highest BCUT2D eigenvalue weighted by Crippen LogP contribution is 2.16. The summed E-state index contributed by atoms with van der Waals surface area (Å²) < 4.78 is 40.4. The van der Waals surface area contributed by atoms with E-state index in [0.29, 0.717) is 5.75 Å². The Bertz CT molecular complexity index is 391. The number of hydrogen-bond acceptors (Lipinski definition) is 2. The molecule has 0 aliphatic rings. The lowest BCUT2D eigenvalue weighted by molar-refractivity contribution is -0.139. The van der Waals surface area contributed by atoms with Crippen LogP contribution in [-0.4, -0.2) is 25.2 Å². The molecule has 0 bridgehead atoms. The molecular formula is C11H12F3NO2. The number of halogens is 3. The van der Waals surface area contributed by atoms with Crippen LogP contribution in [0.4, 0.5) is 13.2 Å². The first-order chi connectivity index (χ1) is 7.88. The van der Waals surface area contributed by atoms with Crippen molar-refractivity contribution < 1.29 is 22.7 Å². The Morgan fingerprint density at radius 3 is 2.59 bits per heavy atom. The van der Waals surface area contributed by atoms with E-state index >= 15 is 0 Å². The van der Waals surface area contributed by atoms with Crippen LogP contribution in [0.2, 0.25) is 0 Å². The minimum absolute atomic E-state index is 0.430. The number of carbonyl (C=O) groups is 1. The number of para-hydroxylation sites is 1. The third-order valence-corrected chi connectivity index (χ3v) is 1.94. The number of ether oxygens (including phenoxy) is 1. The number of rotatable bonds is 4. The van der Waals surface area contributed by atoms with Crippen molar-refractivity contribution in [3.63, 3.8) is 0 Å². The van der Waals surface area contributed by atoms with Gasteiger partial charge in [0.15, 0.2) is 6.61 Å². The highest BCUT2D eigenvalue weighted by atomic mass is 19.4. The van der Waals surface area contributed by atoms with Crippen molar-refractivity contribution >= 4 is 5.91 Å². The summed E-state index contributed by atoms with van der Waals surface area (Å²) in [7, 11) is 0. The fourth-order valence-corrected chi connectivity index (χ4v) is 1.11. The van der Waals surface area contributed by atoms with Gasteiger partial charge in [0.1, 0.15) is 12.3 Å². The van der Waals surface area contributed by atoms with Crippen LogP contribution in [0.15, 0.2) is 24.3 Å². The molecule has 0 fully saturated rings. The molecule has 0 heterocycles. The van der Waals surface area contributed by atoms with Gasteiger partial charge in [0.25, 0.3) is 5.91 Å². The molecule has 0 unspecified atom stereocenters. The van der Waals surface area contributed by atoms with Gasteiger partial charge in [-0.25, -0.2) is 0 Å². The molecule has 1 aromatic rings. The van der Waals surface area contributed by atoms with Gasteiger partial charge in [-0.2, -0.15) is 13.2 Å². The number of aryl methyl sites for hydroxylation is 1. The molecule has 0 saturated carbocycles. The lowest BCUT2D eigenvalue weighted by Crippen LogP contribution is -2.36. The van der Waals surface area contributed by atoms with E-state index in [1.165, 1.54) is 0 Å². The van der Waals surface area contributed by atoms with Crippen molar-refractivity contribution in [2.24, 2.45) is 0 Å². The van der Waals surface area contributed by atoms with E-state index < -0.39 is 25.2 Å². The number of hydrogen-bond donors (Lipinski definition) is 1. The monoisotopic (exact) mass is 247 g/mol. The highest BCUT2D eigenvalue weighted by Gasteiger charge is 2.27. The van der Waals surface area contributed by atoms with Gasteiger partial charge >= 0.3 is 6.18 Å². The number of amides is 1. The molecule has 94 valence electrons. The molecule has 0 saturated heterocycles. The zero-order valence-corrected chi connectivity index (χ0v) is 9.17. The standard InChI is InChI=1S/C11H12F3NO2/c1-8-4-2-3-5-9(8)17-6-10(16)15-7-11(12,13)14/h2-5H,6-7H2,1H3,(H,15,16). The molecular weight excluding hydrogens is 235 g/mol. The lowest BCUT2D eigenvalue weighted by Gasteiger charge is -2.10. The smallest absolute Gasteiger partial charge is 0.405 e. The van der Waals surface area contributed by atoms with Gasteiger partial charge in [-0.05, 0) is 18.6 Å². The Kier molecular flexibility index (Phi) is 4.37. The first-order valence-corrected chi connectivity index (χ1v) is 4.90. The fourth-order valence-electron chi connectivity index (χ4n) is 1.11. The Morgan fingerprint density at radius 2 is 2.00 bits per heavy atom. The van der Waals surface area contributed by atoms with Crippen molar-refractivity contribution in [3.05, 3.63) is 29.8 Å². The quantitative estimate of drug-likeness (QED) is 0.884. The first kappa shape index (κ1) is 13.3. The van der Waals surface area contributed by atoms with Crippen LogP contribution in [0, 0.1) is 6.92 Å². The highest BCUT2D eigenvalue weighted by molar-refractivity contribution is 5.77. The Balaban J connectivity index is 2.36. The molecule has 1 amide bonds. The second-order valence-electron chi connectivity index (χ2n) is 3.45. The summed E-state index contributed by atoms with van der Waals surface area (Å²) in [6, 6.07) is 6.94. The maximum absolute atomic E-state index is 11.8. The minimum Gasteiger partial charge on any atom is -0.484 e. The summed E-state index contributed by atoms with van der Waals surface area (Å²) in [6.07, 6.45) is -4.40. The number of nitrogens with one attached hydrogen (secondary N) is 1. The maximum atomic E-state index is 11.8. The third-order valence-electron chi connectivity index (χ3n) is 1.94. The molecule has 0 atom stereocenters. The molecule has 0 radical (unpaired) electrons. The predicted molar refractivity (Wildman–Crippen MR) is 55.7 cm³/mol. The van der Waals surface area contributed by atoms with Crippen LogP contribution in [0.1, 0.15) is 5.56 Å². The van der Waals surface area contributed by atoms with E-state index in [0.717, 1.165) is 5.56 Å². The molecule has 0 aliphatic heterocycles. The van der Waals surface area contributed by atoms with E-state index in [-0.39, 0.29) is 0 Å². The van der Waals surface area contributed by atoms with Gasteiger partial charge < -0.3 is 10.1 Å². The van der Waals surface area contributed by atoms with E-state index in [1.807, 2.05) is 0 Å². The molecule has 6 heteroatoms. The molecule has 0 aliphatic carbocycles. The largest absolute Gasteiger partial charge is 0.484 e. The summed E-state index contributed by atoms with van der Waals surface area (Å²) in [5.41, 5.74) is 0.816. The number of alkyl halides is 3. The van der Waals surface area contributed by atoms with Crippen LogP contribution in [-0.2, 0) is 4.79 Å². The molecule has 1 aromatic carbocycles. The van der Waals surface area contributed by atoms with Crippen molar-refractivity contribution in [3.8, 4) is 5.75 Å². The average Bonchev–Trinajstić information content (AvgIpc) is 2.24. The lowest BCUT2D eigenvalue weighted by atomic mass is 10.2. The third kappa shape index (κ3) is 5.24. The molecule has 17 heavy (non-hydrogen) atoms. The maximum Gasteiger partial charge on any atom is 0.405 e. The Morgan fingerprint density at radius 1 is 1.35 bits per heavy atom. The van der Waals surface area contributed by atoms with E-state index in [9.17, 15) is 18.0 Å². The van der Waals surface area contributed by atoms with Gasteiger partial charge in [-0.3, -0.25) is 4.79 Å². The van der Waals surface area contributed by atoms with E-state index in [2.05, 4.69) is 0 Å². The Hall–Kier alpha value is -1.72. The van der Waals surface area contributed by atoms with Crippen molar-refractivity contribution in [2.45, 2.75) is 13.1 Å². The minimum atomic E-state index is -4.40. The summed E-state index contributed by atoms with van der Waals surface area (Å²) in [6.45, 7) is 0.00680. The van der Waals surface area contributed by atoms with Crippen molar-refractivity contribution in [2.75, 3.05) is 13.2 Å². The van der Waals surface area contributed by atoms with Gasteiger partial charge in [0, 0.05) is 0 Å². The topological polar surface area (TPSA) is 38.3 Å². The van der Waals surface area contributed by atoms with Crippen LogP contribution in [0.5, 0.6) is 5.75 Å². The summed E-state index contributed by atoms with van der Waals surface area (Å²) >= 11 is 0. The molecule has 3 nitrogen and oxygen atoms in total. The Labute approximate surface area is 96.6 Å². The summed E-state index contributed by atoms with van der Waals surface area (Å²) in [5, 5.41) is 1.72. The number of benzene rings is 1. The van der Waals surface area contributed by atoms with Crippen LogP contribution >= 0.6 is 0 Å². The normalized spacial score (nSPS) is 11.1. The zero-order valence-electron chi connectivity index (χ0n) is 9.17. The van der Waals surface area contributed by atoms with Crippen molar-refractivity contribution in [1.82, 2.24) is 5.32 Å². The number of carbonyl (C=O) groups excluding carboxylic acids is 1. The first-order valence-electron chi connectivity index (χ1n) is 4.90. The SMILES string of the molecule is Cc1ccccc1OCC(=O)NCC(F)(F)F. The molecule has 0 spiro atoms. The second-order valence-corrected chi connectivity index (χ2v) is 3.45. The van der Waals surface area contributed by atoms with Gasteiger partial charge in [0.2, 0.25) is 0 Å². The average molecular weight is 247 g/mol. The van der Waals surface area contributed by atoms with Crippen LogP contribution < -0.4 is 10.1 Å². The van der Waals surface area contributed by atoms with Crippen LogP contribution in [0.25, 0.3) is 0 Å². The van der Waals surface area contributed by atoms with Crippen molar-refractivity contribution in [1.29, 1.82) is 0 Å². The molecule has 0 aromatic heterocycles. The fraction of sp³-hybridized carbons (Fsp3) is 0.364. The van der Waals surface area contributed by atoms with E-state index in [4.69, 9.17) is 4.74 Å².